The van der Waals surface area contributed by atoms with Crippen molar-refractivity contribution in [3.05, 3.63) is 24.0 Å². The van der Waals surface area contributed by atoms with E-state index in [4.69, 9.17) is 0 Å². The molecule has 1 aliphatic rings. The van der Waals surface area contributed by atoms with Crippen molar-refractivity contribution in [1.29, 1.82) is 0 Å². The first kappa shape index (κ1) is 13.1. The summed E-state index contributed by atoms with van der Waals surface area (Å²) < 4.78 is 28.1. The van der Waals surface area contributed by atoms with Gasteiger partial charge < -0.3 is 0 Å². The maximum absolute atomic E-state index is 12.7. The first-order chi connectivity index (χ1) is 9.65. The van der Waals surface area contributed by atoms with Gasteiger partial charge in [-0.15, -0.1) is 5.10 Å². The summed E-state index contributed by atoms with van der Waals surface area (Å²) in [6.45, 7) is -1.76. The molecule has 0 aromatic carbocycles. The number of nitrogens with zero attached hydrogens (tertiary/aromatic N) is 7. The fraction of sp³-hybridized carbons (Fsp3) is 0.636. The van der Waals surface area contributed by atoms with Crippen molar-refractivity contribution >= 4 is 0 Å². The molecule has 0 saturated heterocycles. The average Bonchev–Trinajstić information content (AvgIpc) is 2.95. The molecular formula is C11H15F2N7. The number of imidazole rings is 1. The minimum absolute atomic E-state index is 0.314. The highest BCUT2D eigenvalue weighted by Gasteiger charge is 2.28. The van der Waals surface area contributed by atoms with Gasteiger partial charge in [-0.3, -0.25) is 9.47 Å². The monoisotopic (exact) mass is 283 g/mol. The van der Waals surface area contributed by atoms with Crippen LogP contribution < -0.4 is 0 Å². The third kappa shape index (κ3) is 2.67. The second-order valence-corrected chi connectivity index (χ2v) is 4.97. The average molecular weight is 283 g/mol. The standard InChI is InChI=1S/C11H15F2N7/c1-18(6-9-14-4-5-19(9)11(12)13)7-10-15-16-17-20(10)8-2-3-8/h4-5,8,11H,2-3,6-7H2,1H3. The van der Waals surface area contributed by atoms with Crippen LogP contribution in [0.1, 0.15) is 37.1 Å². The molecule has 3 rings (SSSR count). The van der Waals surface area contributed by atoms with Crippen LogP contribution in [0.5, 0.6) is 0 Å². The van der Waals surface area contributed by atoms with Crippen LogP contribution in [0.15, 0.2) is 12.4 Å². The molecule has 0 unspecified atom stereocenters. The Bertz CT molecular complexity index is 533. The fourth-order valence-electron chi connectivity index (χ4n) is 2.10. The Morgan fingerprint density at radius 2 is 2.10 bits per heavy atom. The van der Waals surface area contributed by atoms with E-state index in [1.54, 1.807) is 0 Å². The van der Waals surface area contributed by atoms with E-state index in [1.807, 2.05) is 16.6 Å². The van der Waals surface area contributed by atoms with Gasteiger partial charge in [0.15, 0.2) is 5.82 Å². The van der Waals surface area contributed by atoms with Gasteiger partial charge in [0, 0.05) is 12.4 Å². The van der Waals surface area contributed by atoms with Crippen LogP contribution in [-0.4, -0.2) is 41.7 Å². The maximum atomic E-state index is 12.7. The fourth-order valence-corrected chi connectivity index (χ4v) is 2.10. The topological polar surface area (TPSA) is 64.7 Å². The van der Waals surface area contributed by atoms with E-state index in [9.17, 15) is 8.78 Å². The summed E-state index contributed by atoms with van der Waals surface area (Å²) in [6, 6.07) is 0.399. The molecule has 7 nitrogen and oxygen atoms in total. The summed E-state index contributed by atoms with van der Waals surface area (Å²) in [6.07, 6.45) is 4.85. The molecule has 2 aromatic heterocycles. The Morgan fingerprint density at radius 3 is 2.80 bits per heavy atom. The lowest BCUT2D eigenvalue weighted by molar-refractivity contribution is 0.0643. The van der Waals surface area contributed by atoms with Crippen LogP contribution in [-0.2, 0) is 13.1 Å². The quantitative estimate of drug-likeness (QED) is 0.798. The molecule has 1 saturated carbocycles. The molecule has 1 aliphatic carbocycles. The molecule has 2 aromatic rings. The second-order valence-electron chi connectivity index (χ2n) is 4.97. The third-order valence-electron chi connectivity index (χ3n) is 3.24. The first-order valence-corrected chi connectivity index (χ1v) is 6.40. The molecular weight excluding hydrogens is 268 g/mol. The predicted octanol–water partition coefficient (Wildman–Crippen LogP) is 1.23. The maximum Gasteiger partial charge on any atom is 0.319 e. The van der Waals surface area contributed by atoms with Crippen LogP contribution in [0.2, 0.25) is 0 Å². The zero-order chi connectivity index (χ0) is 14.1. The minimum atomic E-state index is -2.57. The van der Waals surface area contributed by atoms with Crippen LogP contribution in [0.4, 0.5) is 8.78 Å². The normalized spacial score (nSPS) is 15.4. The zero-order valence-electron chi connectivity index (χ0n) is 11.0. The van der Waals surface area contributed by atoms with Gasteiger partial charge in [0.2, 0.25) is 0 Å². The molecule has 1 fully saturated rings. The number of hydrogen-bond donors (Lipinski definition) is 0. The zero-order valence-corrected chi connectivity index (χ0v) is 11.0. The van der Waals surface area contributed by atoms with Gasteiger partial charge >= 0.3 is 6.55 Å². The van der Waals surface area contributed by atoms with E-state index >= 15 is 0 Å². The van der Waals surface area contributed by atoms with E-state index in [1.165, 1.54) is 12.4 Å². The van der Waals surface area contributed by atoms with Gasteiger partial charge in [0.05, 0.1) is 19.1 Å². The number of alkyl halides is 2. The SMILES string of the molecule is CN(Cc1nccn1C(F)F)Cc1nnnn1C1CC1. The summed E-state index contributed by atoms with van der Waals surface area (Å²) in [4.78, 5) is 5.83. The molecule has 0 atom stereocenters. The lowest BCUT2D eigenvalue weighted by Gasteiger charge is -2.16. The Morgan fingerprint density at radius 1 is 1.35 bits per heavy atom. The van der Waals surface area contributed by atoms with Gasteiger partial charge in [0.25, 0.3) is 0 Å². The molecule has 9 heteroatoms. The molecule has 0 aliphatic heterocycles. The molecule has 108 valence electrons. The van der Waals surface area contributed by atoms with Gasteiger partial charge in [-0.05, 0) is 30.3 Å². The minimum Gasteiger partial charge on any atom is -0.292 e. The van der Waals surface area contributed by atoms with Crippen molar-refractivity contribution in [2.24, 2.45) is 0 Å². The number of tetrazole rings is 1. The van der Waals surface area contributed by atoms with Gasteiger partial charge in [-0.1, -0.05) is 0 Å². The summed E-state index contributed by atoms with van der Waals surface area (Å²) in [5, 5.41) is 11.6. The van der Waals surface area contributed by atoms with Crippen LogP contribution in [0.25, 0.3) is 0 Å². The summed E-state index contributed by atoms with van der Waals surface area (Å²) in [7, 11) is 1.83. The van der Waals surface area contributed by atoms with E-state index in [-0.39, 0.29) is 0 Å². The van der Waals surface area contributed by atoms with Gasteiger partial charge in [-0.25, -0.2) is 9.67 Å². The smallest absolute Gasteiger partial charge is 0.292 e. The van der Waals surface area contributed by atoms with E-state index < -0.39 is 6.55 Å². The largest absolute Gasteiger partial charge is 0.319 e. The molecule has 2 heterocycles. The van der Waals surface area contributed by atoms with Gasteiger partial charge in [0.1, 0.15) is 5.82 Å². The second kappa shape index (κ2) is 5.23. The highest BCUT2D eigenvalue weighted by Crippen LogP contribution is 2.34. The van der Waals surface area contributed by atoms with Crippen molar-refractivity contribution in [2.75, 3.05) is 7.05 Å². The predicted molar refractivity (Wildman–Crippen MR) is 64.7 cm³/mol. The summed E-state index contributed by atoms with van der Waals surface area (Å²) in [5.74, 6) is 1.08. The number of aromatic nitrogens is 6. The van der Waals surface area contributed by atoms with Crippen molar-refractivity contribution in [3.8, 4) is 0 Å². The number of rotatable bonds is 6. The van der Waals surface area contributed by atoms with Gasteiger partial charge in [-0.2, -0.15) is 8.78 Å². The van der Waals surface area contributed by atoms with E-state index in [0.717, 1.165) is 23.2 Å². The molecule has 0 bridgehead atoms. The Kier molecular flexibility index (Phi) is 3.43. The van der Waals surface area contributed by atoms with Crippen molar-refractivity contribution in [3.63, 3.8) is 0 Å². The third-order valence-corrected chi connectivity index (χ3v) is 3.24. The van der Waals surface area contributed by atoms with Crippen LogP contribution in [0.3, 0.4) is 0 Å². The number of halogens is 2. The Hall–Kier alpha value is -1.90. The highest BCUT2D eigenvalue weighted by molar-refractivity contribution is 4.94. The Labute approximate surface area is 114 Å². The molecule has 0 N–H and O–H groups in total. The first-order valence-electron chi connectivity index (χ1n) is 6.40. The molecule has 20 heavy (non-hydrogen) atoms. The van der Waals surface area contributed by atoms with Crippen molar-refractivity contribution in [2.45, 2.75) is 38.5 Å². The van der Waals surface area contributed by atoms with Crippen LogP contribution in [0, 0.1) is 0 Å². The van der Waals surface area contributed by atoms with Crippen molar-refractivity contribution in [1.82, 2.24) is 34.7 Å². The summed E-state index contributed by atoms with van der Waals surface area (Å²) >= 11 is 0. The lowest BCUT2D eigenvalue weighted by atomic mass is 10.4. The lowest BCUT2D eigenvalue weighted by Crippen LogP contribution is -2.22. The molecule has 0 spiro atoms. The van der Waals surface area contributed by atoms with E-state index in [2.05, 4.69) is 20.5 Å². The van der Waals surface area contributed by atoms with Crippen LogP contribution >= 0.6 is 0 Å². The van der Waals surface area contributed by atoms with Crippen molar-refractivity contribution < 1.29 is 8.78 Å². The number of hydrogen-bond acceptors (Lipinski definition) is 5. The Balaban J connectivity index is 1.65. The highest BCUT2D eigenvalue weighted by atomic mass is 19.3. The molecule has 0 amide bonds. The summed E-state index contributed by atoms with van der Waals surface area (Å²) in [5.41, 5.74) is 0. The molecule has 0 radical (unpaired) electrons. The van der Waals surface area contributed by atoms with E-state index in [0.29, 0.717) is 25.0 Å².